The number of ether oxygens (including phenoxy) is 1. The molecular formula is C15H15BrClNO. The van der Waals surface area contributed by atoms with Crippen LogP contribution in [0.2, 0.25) is 5.02 Å². The van der Waals surface area contributed by atoms with E-state index in [1.165, 1.54) is 0 Å². The highest BCUT2D eigenvalue weighted by Gasteiger charge is 2.11. The van der Waals surface area contributed by atoms with Gasteiger partial charge in [0, 0.05) is 16.1 Å². The molecular weight excluding hydrogens is 326 g/mol. The van der Waals surface area contributed by atoms with Crippen LogP contribution in [0.25, 0.3) is 0 Å². The molecule has 2 N–H and O–H groups in total. The maximum atomic E-state index is 6.18. The van der Waals surface area contributed by atoms with Crippen molar-refractivity contribution in [2.45, 2.75) is 19.9 Å². The minimum Gasteiger partial charge on any atom is -0.455 e. The van der Waals surface area contributed by atoms with E-state index in [-0.39, 0.29) is 6.04 Å². The molecule has 0 aliphatic rings. The van der Waals surface area contributed by atoms with Crippen LogP contribution in [0.15, 0.2) is 40.9 Å². The highest BCUT2D eigenvalue weighted by atomic mass is 79.9. The summed E-state index contributed by atoms with van der Waals surface area (Å²) in [5, 5.41) is 0.596. The van der Waals surface area contributed by atoms with Crippen LogP contribution in [0.3, 0.4) is 0 Å². The Labute approximate surface area is 126 Å². The van der Waals surface area contributed by atoms with Gasteiger partial charge in [-0.3, -0.25) is 0 Å². The van der Waals surface area contributed by atoms with Gasteiger partial charge in [-0.1, -0.05) is 33.6 Å². The summed E-state index contributed by atoms with van der Waals surface area (Å²) in [5.74, 6) is 1.36. The molecule has 0 saturated heterocycles. The summed E-state index contributed by atoms with van der Waals surface area (Å²) in [4.78, 5) is 0. The first-order chi connectivity index (χ1) is 8.97. The maximum Gasteiger partial charge on any atom is 0.146 e. The predicted molar refractivity (Wildman–Crippen MR) is 83.0 cm³/mol. The third-order valence-electron chi connectivity index (χ3n) is 2.77. The SMILES string of the molecule is Cc1ccc(Oc2ccc(Br)cc2C(C)N)c(Cl)c1. The van der Waals surface area contributed by atoms with Crippen LogP contribution < -0.4 is 10.5 Å². The average Bonchev–Trinajstić information content (AvgIpc) is 2.34. The van der Waals surface area contributed by atoms with Gasteiger partial charge in [0.1, 0.15) is 11.5 Å². The summed E-state index contributed by atoms with van der Waals surface area (Å²) in [5.41, 5.74) is 8.00. The van der Waals surface area contributed by atoms with Crippen molar-refractivity contribution in [1.29, 1.82) is 0 Å². The molecule has 0 amide bonds. The van der Waals surface area contributed by atoms with E-state index in [2.05, 4.69) is 15.9 Å². The van der Waals surface area contributed by atoms with Crippen molar-refractivity contribution in [2.75, 3.05) is 0 Å². The van der Waals surface area contributed by atoms with Crippen molar-refractivity contribution in [1.82, 2.24) is 0 Å². The second kappa shape index (κ2) is 5.95. The monoisotopic (exact) mass is 339 g/mol. The highest BCUT2D eigenvalue weighted by molar-refractivity contribution is 9.10. The largest absolute Gasteiger partial charge is 0.455 e. The first-order valence-electron chi connectivity index (χ1n) is 5.96. The summed E-state index contributed by atoms with van der Waals surface area (Å²) in [6, 6.07) is 11.4. The number of hydrogen-bond donors (Lipinski definition) is 1. The summed E-state index contributed by atoms with van der Waals surface area (Å²) < 4.78 is 6.85. The fourth-order valence-electron chi connectivity index (χ4n) is 1.78. The quantitative estimate of drug-likeness (QED) is 0.831. The first kappa shape index (κ1) is 14.4. The Morgan fingerprint density at radius 2 is 1.84 bits per heavy atom. The summed E-state index contributed by atoms with van der Waals surface area (Å²) >= 11 is 9.61. The fourth-order valence-corrected chi connectivity index (χ4v) is 2.43. The Balaban J connectivity index is 2.38. The third kappa shape index (κ3) is 3.50. The van der Waals surface area contributed by atoms with Crippen LogP contribution >= 0.6 is 27.5 Å². The van der Waals surface area contributed by atoms with E-state index in [9.17, 15) is 0 Å². The van der Waals surface area contributed by atoms with Crippen molar-refractivity contribution in [3.05, 3.63) is 57.0 Å². The van der Waals surface area contributed by atoms with Crippen molar-refractivity contribution in [2.24, 2.45) is 5.73 Å². The van der Waals surface area contributed by atoms with E-state index in [4.69, 9.17) is 22.1 Å². The zero-order valence-electron chi connectivity index (χ0n) is 10.8. The Morgan fingerprint density at radius 3 is 2.47 bits per heavy atom. The minimum atomic E-state index is -0.114. The highest BCUT2D eigenvalue weighted by Crippen LogP contribution is 2.34. The molecule has 0 aliphatic carbocycles. The van der Waals surface area contributed by atoms with E-state index < -0.39 is 0 Å². The van der Waals surface area contributed by atoms with E-state index in [0.29, 0.717) is 10.8 Å². The Hall–Kier alpha value is -1.03. The zero-order chi connectivity index (χ0) is 14.0. The molecule has 0 radical (unpaired) electrons. The number of rotatable bonds is 3. The summed E-state index contributed by atoms with van der Waals surface area (Å²) in [6.45, 7) is 3.91. The van der Waals surface area contributed by atoms with Crippen LogP contribution in [0.1, 0.15) is 24.1 Å². The van der Waals surface area contributed by atoms with E-state index in [0.717, 1.165) is 21.3 Å². The van der Waals surface area contributed by atoms with Gasteiger partial charge in [0.25, 0.3) is 0 Å². The normalized spacial score (nSPS) is 12.3. The molecule has 1 atom stereocenters. The molecule has 0 aromatic heterocycles. The lowest BCUT2D eigenvalue weighted by molar-refractivity contribution is 0.472. The third-order valence-corrected chi connectivity index (χ3v) is 3.56. The van der Waals surface area contributed by atoms with Crippen LogP contribution in [0, 0.1) is 6.92 Å². The van der Waals surface area contributed by atoms with Crippen LogP contribution in [-0.4, -0.2) is 0 Å². The molecule has 0 saturated carbocycles. The number of halogens is 2. The van der Waals surface area contributed by atoms with Crippen LogP contribution in [-0.2, 0) is 0 Å². The number of hydrogen-bond acceptors (Lipinski definition) is 2. The van der Waals surface area contributed by atoms with Gasteiger partial charge < -0.3 is 10.5 Å². The lowest BCUT2D eigenvalue weighted by atomic mass is 10.1. The number of nitrogens with two attached hydrogens (primary N) is 1. The smallest absolute Gasteiger partial charge is 0.146 e. The molecule has 0 aliphatic heterocycles. The van der Waals surface area contributed by atoms with Crippen molar-refractivity contribution < 1.29 is 4.74 Å². The molecule has 1 unspecified atom stereocenters. The second-order valence-corrected chi connectivity index (χ2v) is 5.83. The van der Waals surface area contributed by atoms with Gasteiger partial charge in [-0.05, 0) is 49.7 Å². The summed E-state index contributed by atoms with van der Waals surface area (Å²) in [6.07, 6.45) is 0. The summed E-state index contributed by atoms with van der Waals surface area (Å²) in [7, 11) is 0. The van der Waals surface area contributed by atoms with Crippen LogP contribution in [0.4, 0.5) is 0 Å². The molecule has 2 nitrogen and oxygen atoms in total. The lowest BCUT2D eigenvalue weighted by Crippen LogP contribution is -2.06. The predicted octanol–water partition coefficient (Wildman–Crippen LogP) is 5.22. The molecule has 2 aromatic carbocycles. The molecule has 0 heterocycles. The van der Waals surface area contributed by atoms with E-state index in [1.807, 2.05) is 50.2 Å². The van der Waals surface area contributed by atoms with Gasteiger partial charge in [0.2, 0.25) is 0 Å². The van der Waals surface area contributed by atoms with Gasteiger partial charge in [0.05, 0.1) is 5.02 Å². The standard InChI is InChI=1S/C15H15BrClNO/c1-9-3-5-15(13(17)7-9)19-14-6-4-11(16)8-12(14)10(2)18/h3-8,10H,18H2,1-2H3. The molecule has 100 valence electrons. The average molecular weight is 341 g/mol. The van der Waals surface area contributed by atoms with E-state index in [1.54, 1.807) is 0 Å². The molecule has 0 spiro atoms. The zero-order valence-corrected chi connectivity index (χ0v) is 13.1. The topological polar surface area (TPSA) is 35.2 Å². The van der Waals surface area contributed by atoms with Gasteiger partial charge in [-0.2, -0.15) is 0 Å². The van der Waals surface area contributed by atoms with Gasteiger partial charge in [-0.25, -0.2) is 0 Å². The minimum absolute atomic E-state index is 0.114. The molecule has 4 heteroatoms. The molecule has 2 aromatic rings. The maximum absolute atomic E-state index is 6.18. The molecule has 0 bridgehead atoms. The fraction of sp³-hybridized carbons (Fsp3) is 0.200. The van der Waals surface area contributed by atoms with Gasteiger partial charge in [0.15, 0.2) is 0 Å². The Kier molecular flexibility index (Phi) is 4.50. The number of aryl methyl sites for hydroxylation is 1. The van der Waals surface area contributed by atoms with Crippen molar-refractivity contribution in [3.63, 3.8) is 0 Å². The van der Waals surface area contributed by atoms with Crippen LogP contribution in [0.5, 0.6) is 11.5 Å². The van der Waals surface area contributed by atoms with Gasteiger partial charge in [-0.15, -0.1) is 0 Å². The lowest BCUT2D eigenvalue weighted by Gasteiger charge is -2.15. The number of benzene rings is 2. The first-order valence-corrected chi connectivity index (χ1v) is 7.13. The Morgan fingerprint density at radius 1 is 1.16 bits per heavy atom. The van der Waals surface area contributed by atoms with E-state index >= 15 is 0 Å². The molecule has 19 heavy (non-hydrogen) atoms. The van der Waals surface area contributed by atoms with Gasteiger partial charge >= 0.3 is 0 Å². The molecule has 2 rings (SSSR count). The Bertz CT molecular complexity index is 599. The van der Waals surface area contributed by atoms with Crippen molar-refractivity contribution >= 4 is 27.5 Å². The molecule has 0 fully saturated rings. The second-order valence-electron chi connectivity index (χ2n) is 4.51. The van der Waals surface area contributed by atoms with Crippen molar-refractivity contribution in [3.8, 4) is 11.5 Å².